The first kappa shape index (κ1) is 9.70. The molecule has 0 spiro atoms. The summed E-state index contributed by atoms with van der Waals surface area (Å²) >= 11 is 0. The maximum atomic E-state index is 8.94. The maximum absolute atomic E-state index is 8.94. The average Bonchev–Trinajstić information content (AvgIpc) is 1.85. The largest absolute Gasteiger partial charge is 0.393 e. The van der Waals surface area contributed by atoms with Crippen LogP contribution in [0.2, 0.25) is 0 Å². The normalized spacial score (nSPS) is 15.4. The number of aliphatic hydroxyl groups excluding tert-OH is 1. The van der Waals surface area contributed by atoms with Crippen LogP contribution in [0.4, 0.5) is 0 Å². The van der Waals surface area contributed by atoms with Gasteiger partial charge in [0.05, 0.1) is 6.10 Å². The number of rotatable bonds is 4. The zero-order chi connectivity index (χ0) is 7.98. The molecule has 1 nitrogen and oxygen atoms in total. The molecule has 1 unspecified atom stereocenters. The van der Waals surface area contributed by atoms with Crippen LogP contribution in [0.5, 0.6) is 0 Å². The van der Waals surface area contributed by atoms with E-state index in [1.54, 1.807) is 0 Å². The SMILES string of the molecule is CC/C=C(/C)CCC(C)O. The number of aliphatic hydroxyl groups is 1. The van der Waals surface area contributed by atoms with Gasteiger partial charge < -0.3 is 5.11 Å². The van der Waals surface area contributed by atoms with E-state index in [1.165, 1.54) is 5.57 Å². The van der Waals surface area contributed by atoms with Gasteiger partial charge in [0.25, 0.3) is 0 Å². The third-order valence-electron chi connectivity index (χ3n) is 1.51. The second-order valence-electron chi connectivity index (χ2n) is 2.85. The molecule has 0 fully saturated rings. The minimum atomic E-state index is -0.153. The number of allylic oxidation sites excluding steroid dienone is 2. The molecule has 10 heavy (non-hydrogen) atoms. The van der Waals surface area contributed by atoms with E-state index < -0.39 is 0 Å². The van der Waals surface area contributed by atoms with Gasteiger partial charge in [-0.25, -0.2) is 0 Å². The third kappa shape index (κ3) is 5.83. The lowest BCUT2D eigenvalue weighted by molar-refractivity contribution is 0.185. The average molecular weight is 142 g/mol. The Hall–Kier alpha value is -0.300. The summed E-state index contributed by atoms with van der Waals surface area (Å²) in [6.45, 7) is 6.08. The molecule has 1 heteroatoms. The lowest BCUT2D eigenvalue weighted by atomic mass is 10.1. The first-order chi connectivity index (χ1) is 4.66. The molecule has 0 aliphatic carbocycles. The van der Waals surface area contributed by atoms with Crippen LogP contribution in [0, 0.1) is 0 Å². The molecular formula is C9H18O. The van der Waals surface area contributed by atoms with Gasteiger partial charge in [-0.2, -0.15) is 0 Å². The van der Waals surface area contributed by atoms with Crippen molar-refractivity contribution in [3.8, 4) is 0 Å². The van der Waals surface area contributed by atoms with Crippen LogP contribution in [-0.4, -0.2) is 11.2 Å². The predicted octanol–water partition coefficient (Wildman–Crippen LogP) is 2.50. The fourth-order valence-corrected chi connectivity index (χ4v) is 0.887. The van der Waals surface area contributed by atoms with E-state index in [-0.39, 0.29) is 6.10 Å². The molecule has 1 atom stereocenters. The Labute approximate surface area is 63.8 Å². The van der Waals surface area contributed by atoms with E-state index in [9.17, 15) is 0 Å². The zero-order valence-electron chi connectivity index (χ0n) is 7.22. The molecular weight excluding hydrogens is 124 g/mol. The fourth-order valence-electron chi connectivity index (χ4n) is 0.887. The first-order valence-electron chi connectivity index (χ1n) is 4.00. The Kier molecular flexibility index (Phi) is 5.32. The van der Waals surface area contributed by atoms with Gasteiger partial charge in [0.1, 0.15) is 0 Å². The summed E-state index contributed by atoms with van der Waals surface area (Å²) in [6.07, 6.45) is 5.09. The summed E-state index contributed by atoms with van der Waals surface area (Å²) in [5, 5.41) is 8.94. The monoisotopic (exact) mass is 142 g/mol. The van der Waals surface area contributed by atoms with E-state index in [0.717, 1.165) is 19.3 Å². The van der Waals surface area contributed by atoms with Crippen LogP contribution >= 0.6 is 0 Å². The fraction of sp³-hybridized carbons (Fsp3) is 0.778. The molecule has 0 amide bonds. The van der Waals surface area contributed by atoms with Crippen molar-refractivity contribution in [3.05, 3.63) is 11.6 Å². The Bertz CT molecular complexity index is 103. The second kappa shape index (κ2) is 5.48. The molecule has 0 rings (SSSR count). The van der Waals surface area contributed by atoms with E-state index in [1.807, 2.05) is 6.92 Å². The van der Waals surface area contributed by atoms with Crippen molar-refractivity contribution in [2.45, 2.75) is 46.1 Å². The van der Waals surface area contributed by atoms with Crippen LogP contribution in [0.3, 0.4) is 0 Å². The van der Waals surface area contributed by atoms with E-state index in [2.05, 4.69) is 19.9 Å². The van der Waals surface area contributed by atoms with Crippen molar-refractivity contribution in [2.75, 3.05) is 0 Å². The molecule has 0 aromatic carbocycles. The van der Waals surface area contributed by atoms with Crippen molar-refractivity contribution in [1.82, 2.24) is 0 Å². The highest BCUT2D eigenvalue weighted by molar-refractivity contribution is 4.97. The topological polar surface area (TPSA) is 20.2 Å². The van der Waals surface area contributed by atoms with E-state index in [0.29, 0.717) is 0 Å². The highest BCUT2D eigenvalue weighted by Crippen LogP contribution is 2.06. The van der Waals surface area contributed by atoms with Crippen LogP contribution < -0.4 is 0 Å². The molecule has 0 aliphatic heterocycles. The predicted molar refractivity (Wildman–Crippen MR) is 45.0 cm³/mol. The van der Waals surface area contributed by atoms with Crippen molar-refractivity contribution in [3.63, 3.8) is 0 Å². The van der Waals surface area contributed by atoms with Gasteiger partial charge in [-0.05, 0) is 33.1 Å². The summed E-state index contributed by atoms with van der Waals surface area (Å²) in [5.74, 6) is 0. The van der Waals surface area contributed by atoms with Gasteiger partial charge in [0, 0.05) is 0 Å². The lowest BCUT2D eigenvalue weighted by Crippen LogP contribution is -1.98. The summed E-state index contributed by atoms with van der Waals surface area (Å²) < 4.78 is 0. The van der Waals surface area contributed by atoms with Gasteiger partial charge >= 0.3 is 0 Å². The second-order valence-corrected chi connectivity index (χ2v) is 2.85. The number of hydrogen-bond donors (Lipinski definition) is 1. The Morgan fingerprint density at radius 1 is 1.60 bits per heavy atom. The molecule has 1 N–H and O–H groups in total. The van der Waals surface area contributed by atoms with E-state index >= 15 is 0 Å². The van der Waals surface area contributed by atoms with Crippen LogP contribution in [0.15, 0.2) is 11.6 Å². The summed E-state index contributed by atoms with van der Waals surface area (Å²) in [7, 11) is 0. The smallest absolute Gasteiger partial charge is 0.0515 e. The van der Waals surface area contributed by atoms with Crippen molar-refractivity contribution in [2.24, 2.45) is 0 Å². The van der Waals surface area contributed by atoms with Gasteiger partial charge in [-0.1, -0.05) is 18.6 Å². The minimum Gasteiger partial charge on any atom is -0.393 e. The lowest BCUT2D eigenvalue weighted by Gasteiger charge is -2.02. The summed E-state index contributed by atoms with van der Waals surface area (Å²) in [6, 6.07) is 0. The Morgan fingerprint density at radius 3 is 2.60 bits per heavy atom. The molecule has 0 bridgehead atoms. The molecule has 0 aromatic heterocycles. The van der Waals surface area contributed by atoms with Crippen molar-refractivity contribution in [1.29, 1.82) is 0 Å². The molecule has 0 heterocycles. The Balaban J connectivity index is 3.39. The quantitative estimate of drug-likeness (QED) is 0.598. The highest BCUT2D eigenvalue weighted by Gasteiger charge is 1.94. The first-order valence-corrected chi connectivity index (χ1v) is 4.00. The third-order valence-corrected chi connectivity index (χ3v) is 1.51. The van der Waals surface area contributed by atoms with Gasteiger partial charge in [-0.3, -0.25) is 0 Å². The maximum Gasteiger partial charge on any atom is 0.0515 e. The van der Waals surface area contributed by atoms with Crippen LogP contribution in [0.1, 0.15) is 40.0 Å². The molecule has 0 aromatic rings. The standard InChI is InChI=1S/C9H18O/c1-4-5-8(2)6-7-9(3)10/h5,9-10H,4,6-7H2,1-3H3/b8-5-. The summed E-state index contributed by atoms with van der Waals surface area (Å²) in [5.41, 5.74) is 1.39. The van der Waals surface area contributed by atoms with Crippen LogP contribution in [-0.2, 0) is 0 Å². The minimum absolute atomic E-state index is 0.153. The highest BCUT2D eigenvalue weighted by atomic mass is 16.3. The van der Waals surface area contributed by atoms with Gasteiger partial charge in [0.2, 0.25) is 0 Å². The molecule has 0 radical (unpaired) electrons. The number of hydrogen-bond acceptors (Lipinski definition) is 1. The molecule has 0 aliphatic rings. The Morgan fingerprint density at radius 2 is 2.20 bits per heavy atom. The van der Waals surface area contributed by atoms with Crippen molar-refractivity contribution >= 4 is 0 Å². The van der Waals surface area contributed by atoms with E-state index in [4.69, 9.17) is 5.11 Å². The molecule has 0 saturated carbocycles. The van der Waals surface area contributed by atoms with Crippen molar-refractivity contribution < 1.29 is 5.11 Å². The zero-order valence-corrected chi connectivity index (χ0v) is 7.22. The van der Waals surface area contributed by atoms with Crippen LogP contribution in [0.25, 0.3) is 0 Å². The molecule has 0 saturated heterocycles. The van der Waals surface area contributed by atoms with Gasteiger partial charge in [0.15, 0.2) is 0 Å². The van der Waals surface area contributed by atoms with Gasteiger partial charge in [-0.15, -0.1) is 0 Å². The molecule has 60 valence electrons. The summed E-state index contributed by atoms with van der Waals surface area (Å²) in [4.78, 5) is 0.